The molecule has 3 N–H and O–H groups in total. The number of likely N-dealkylation sites (tertiary alicyclic amines) is 1. The predicted molar refractivity (Wildman–Crippen MR) is 64.0 cm³/mol. The molecular weight excluding hydrogens is 238 g/mol. The maximum atomic E-state index is 11.7. The average Bonchev–Trinajstić information content (AvgIpc) is 2.35. The summed E-state index contributed by atoms with van der Waals surface area (Å²) >= 11 is 0. The number of hydrogen-bond donors (Lipinski definition) is 3. The Kier molecular flexibility index (Phi) is 5.41. The van der Waals surface area contributed by atoms with Crippen LogP contribution in [-0.4, -0.2) is 54.6 Å². The van der Waals surface area contributed by atoms with Crippen LogP contribution in [-0.2, 0) is 9.59 Å². The Balaban J connectivity index is 2.27. The first-order chi connectivity index (χ1) is 8.52. The molecule has 0 aromatic carbocycles. The summed E-state index contributed by atoms with van der Waals surface area (Å²) in [6.07, 6.45) is 1.55. The maximum absolute atomic E-state index is 11.7. The van der Waals surface area contributed by atoms with E-state index in [0.717, 1.165) is 0 Å². The normalized spacial score (nSPS) is 16.2. The van der Waals surface area contributed by atoms with Gasteiger partial charge in [-0.15, -0.1) is 0 Å². The fraction of sp³-hybridized carbons (Fsp3) is 0.727. The summed E-state index contributed by atoms with van der Waals surface area (Å²) in [7, 11) is 1.51. The molecule has 102 valence electrons. The van der Waals surface area contributed by atoms with E-state index in [0.29, 0.717) is 25.9 Å². The smallest absolute Gasteiger partial charge is 0.317 e. The van der Waals surface area contributed by atoms with Crippen LogP contribution in [0.5, 0.6) is 0 Å². The molecule has 7 nitrogen and oxygen atoms in total. The number of rotatable bonds is 4. The Morgan fingerprint density at radius 1 is 1.28 bits per heavy atom. The molecule has 0 saturated carbocycles. The van der Waals surface area contributed by atoms with E-state index in [-0.39, 0.29) is 30.8 Å². The lowest BCUT2D eigenvalue weighted by Crippen LogP contribution is -2.47. The van der Waals surface area contributed by atoms with Crippen LogP contribution in [0.3, 0.4) is 0 Å². The quantitative estimate of drug-likeness (QED) is 0.640. The second kappa shape index (κ2) is 6.83. The highest BCUT2D eigenvalue weighted by molar-refractivity contribution is 5.83. The average molecular weight is 257 g/mol. The van der Waals surface area contributed by atoms with Crippen molar-refractivity contribution in [1.82, 2.24) is 15.5 Å². The van der Waals surface area contributed by atoms with Crippen molar-refractivity contribution in [2.75, 3.05) is 26.7 Å². The molecule has 1 fully saturated rings. The van der Waals surface area contributed by atoms with Crippen LogP contribution in [0.4, 0.5) is 4.79 Å². The van der Waals surface area contributed by atoms with Crippen LogP contribution in [0.2, 0.25) is 0 Å². The van der Waals surface area contributed by atoms with Gasteiger partial charge in [-0.1, -0.05) is 0 Å². The molecule has 3 amide bonds. The van der Waals surface area contributed by atoms with Crippen LogP contribution in [0.25, 0.3) is 0 Å². The molecule has 0 radical (unpaired) electrons. The van der Waals surface area contributed by atoms with Crippen molar-refractivity contribution in [1.29, 1.82) is 0 Å². The zero-order valence-electron chi connectivity index (χ0n) is 10.4. The fourth-order valence-corrected chi connectivity index (χ4v) is 1.94. The van der Waals surface area contributed by atoms with Gasteiger partial charge in [0.1, 0.15) is 0 Å². The standard InChI is InChI=1S/C11H19N3O4/c1-12-9(15)7-13-11(18)14-4-2-8(3-5-14)6-10(16)17/h8H,2-7H2,1H3,(H,12,15)(H,13,18)(H,16,17). The molecule has 1 saturated heterocycles. The van der Waals surface area contributed by atoms with Gasteiger partial charge >= 0.3 is 12.0 Å². The van der Waals surface area contributed by atoms with Crippen LogP contribution in [0.15, 0.2) is 0 Å². The highest BCUT2D eigenvalue weighted by atomic mass is 16.4. The number of hydrogen-bond acceptors (Lipinski definition) is 3. The summed E-state index contributed by atoms with van der Waals surface area (Å²) < 4.78 is 0. The number of nitrogens with zero attached hydrogens (tertiary/aromatic N) is 1. The Labute approximate surface area is 106 Å². The number of urea groups is 1. The molecular formula is C11H19N3O4. The fourth-order valence-electron chi connectivity index (χ4n) is 1.94. The third-order valence-electron chi connectivity index (χ3n) is 3.04. The van der Waals surface area contributed by atoms with Crippen LogP contribution >= 0.6 is 0 Å². The number of carboxylic acids is 1. The largest absolute Gasteiger partial charge is 0.481 e. The number of carbonyl (C=O) groups is 3. The highest BCUT2D eigenvalue weighted by Crippen LogP contribution is 2.20. The van der Waals surface area contributed by atoms with E-state index in [1.807, 2.05) is 0 Å². The molecule has 18 heavy (non-hydrogen) atoms. The van der Waals surface area contributed by atoms with Crippen molar-refractivity contribution in [2.45, 2.75) is 19.3 Å². The van der Waals surface area contributed by atoms with Crippen molar-refractivity contribution in [3.8, 4) is 0 Å². The van der Waals surface area contributed by atoms with Gasteiger partial charge in [0, 0.05) is 26.6 Å². The molecule has 1 aliphatic heterocycles. The van der Waals surface area contributed by atoms with E-state index in [4.69, 9.17) is 5.11 Å². The van der Waals surface area contributed by atoms with E-state index < -0.39 is 5.97 Å². The number of likely N-dealkylation sites (N-methyl/N-ethyl adjacent to an activating group) is 1. The lowest BCUT2D eigenvalue weighted by Gasteiger charge is -2.31. The van der Waals surface area contributed by atoms with Crippen LogP contribution in [0.1, 0.15) is 19.3 Å². The van der Waals surface area contributed by atoms with Gasteiger partial charge in [-0.25, -0.2) is 4.79 Å². The first-order valence-corrected chi connectivity index (χ1v) is 5.98. The lowest BCUT2D eigenvalue weighted by atomic mass is 9.94. The number of carboxylic acid groups (broad SMARTS) is 1. The third kappa shape index (κ3) is 4.60. The van der Waals surface area contributed by atoms with Crippen molar-refractivity contribution in [2.24, 2.45) is 5.92 Å². The van der Waals surface area contributed by atoms with Gasteiger partial charge < -0.3 is 20.6 Å². The minimum Gasteiger partial charge on any atom is -0.481 e. The second-order valence-electron chi connectivity index (χ2n) is 4.36. The molecule has 1 rings (SSSR count). The van der Waals surface area contributed by atoms with Crippen molar-refractivity contribution < 1.29 is 19.5 Å². The number of piperidine rings is 1. The molecule has 0 aliphatic carbocycles. The molecule has 0 spiro atoms. The van der Waals surface area contributed by atoms with Gasteiger partial charge in [0.25, 0.3) is 0 Å². The monoisotopic (exact) mass is 257 g/mol. The van der Waals surface area contributed by atoms with E-state index in [2.05, 4.69) is 10.6 Å². The van der Waals surface area contributed by atoms with E-state index in [1.54, 1.807) is 4.90 Å². The second-order valence-corrected chi connectivity index (χ2v) is 4.36. The Morgan fingerprint density at radius 3 is 2.39 bits per heavy atom. The summed E-state index contributed by atoms with van der Waals surface area (Å²) in [5.74, 6) is -0.896. The molecule has 0 atom stereocenters. The van der Waals surface area contributed by atoms with Gasteiger partial charge in [0.15, 0.2) is 0 Å². The zero-order chi connectivity index (χ0) is 13.5. The van der Waals surface area contributed by atoms with E-state index in [9.17, 15) is 14.4 Å². The summed E-state index contributed by atoms with van der Waals surface area (Å²) in [6, 6.07) is -0.271. The maximum Gasteiger partial charge on any atom is 0.317 e. The van der Waals surface area contributed by atoms with Gasteiger partial charge in [-0.2, -0.15) is 0 Å². The van der Waals surface area contributed by atoms with E-state index >= 15 is 0 Å². The zero-order valence-corrected chi connectivity index (χ0v) is 10.4. The molecule has 1 aliphatic rings. The molecule has 0 aromatic heterocycles. The molecule has 0 aromatic rings. The first-order valence-electron chi connectivity index (χ1n) is 5.98. The lowest BCUT2D eigenvalue weighted by molar-refractivity contribution is -0.138. The third-order valence-corrected chi connectivity index (χ3v) is 3.04. The van der Waals surface area contributed by atoms with E-state index in [1.165, 1.54) is 7.05 Å². The summed E-state index contributed by atoms with van der Waals surface area (Å²) in [5.41, 5.74) is 0. The van der Waals surface area contributed by atoms with Gasteiger partial charge in [-0.05, 0) is 18.8 Å². The summed E-state index contributed by atoms with van der Waals surface area (Å²) in [5, 5.41) is 13.6. The van der Waals surface area contributed by atoms with Gasteiger partial charge in [0.2, 0.25) is 5.91 Å². The molecule has 1 heterocycles. The highest BCUT2D eigenvalue weighted by Gasteiger charge is 2.24. The van der Waals surface area contributed by atoms with Crippen molar-refractivity contribution in [3.63, 3.8) is 0 Å². The van der Waals surface area contributed by atoms with Crippen molar-refractivity contribution in [3.05, 3.63) is 0 Å². The summed E-state index contributed by atoms with van der Waals surface area (Å²) in [4.78, 5) is 34.8. The number of amides is 3. The predicted octanol–water partition coefficient (Wildman–Crippen LogP) is -0.371. The molecule has 0 bridgehead atoms. The van der Waals surface area contributed by atoms with Gasteiger partial charge in [-0.3, -0.25) is 9.59 Å². The van der Waals surface area contributed by atoms with Crippen LogP contribution < -0.4 is 10.6 Å². The number of aliphatic carboxylic acids is 1. The SMILES string of the molecule is CNC(=O)CNC(=O)N1CCC(CC(=O)O)CC1. The Morgan fingerprint density at radius 2 is 1.89 bits per heavy atom. The first kappa shape index (κ1) is 14.3. The molecule has 7 heteroatoms. The van der Waals surface area contributed by atoms with Gasteiger partial charge in [0.05, 0.1) is 6.54 Å². The summed E-state index contributed by atoms with van der Waals surface area (Å²) in [6.45, 7) is 1.04. The minimum atomic E-state index is -0.794. The Hall–Kier alpha value is -1.79. The number of nitrogens with one attached hydrogen (secondary N) is 2. The van der Waals surface area contributed by atoms with Crippen molar-refractivity contribution >= 4 is 17.9 Å². The Bertz CT molecular complexity index is 324. The molecule has 0 unspecified atom stereocenters. The van der Waals surface area contributed by atoms with Crippen LogP contribution in [0, 0.1) is 5.92 Å². The minimum absolute atomic E-state index is 0.0373. The number of carbonyl (C=O) groups excluding carboxylic acids is 2. The topological polar surface area (TPSA) is 98.7 Å².